The number of aromatic nitrogens is 3. The van der Waals surface area contributed by atoms with Crippen LogP contribution in [0.15, 0.2) is 10.6 Å². The molecule has 0 spiro atoms. The smallest absolute Gasteiger partial charge is 0.308 e. The molecule has 22 heavy (non-hydrogen) atoms. The molecule has 1 N–H and O–H groups in total. The number of nitrogens with zero attached hydrogens (tertiary/aromatic N) is 3. The molecule has 0 aromatic carbocycles. The van der Waals surface area contributed by atoms with Crippen LogP contribution in [-0.4, -0.2) is 14.6 Å². The third-order valence-electron chi connectivity index (χ3n) is 1.67. The summed E-state index contributed by atoms with van der Waals surface area (Å²) in [5.41, 5.74) is 0.817. The van der Waals surface area contributed by atoms with Gasteiger partial charge in [-0.1, -0.05) is 9.97 Å². The van der Waals surface area contributed by atoms with Crippen molar-refractivity contribution >= 4 is 5.65 Å². The Kier molecular flexibility index (Phi) is 7.46. The van der Waals surface area contributed by atoms with Crippen LogP contribution in [0.5, 0.6) is 0 Å². The van der Waals surface area contributed by atoms with E-state index in [2.05, 4.69) is 9.97 Å². The SMILES string of the molecule is Cc1nc(C)[n+]2oc(C)cc2n1.[O-][Cl+3]([O-])([O-])O.[O-][Cl+3]([O-])([O-])[O-]. The van der Waals surface area contributed by atoms with E-state index in [1.807, 2.05) is 26.8 Å². The number of fused-ring (bicyclic) bond motifs is 1. The van der Waals surface area contributed by atoms with Crippen molar-refractivity contribution in [3.8, 4) is 0 Å². The van der Waals surface area contributed by atoms with Crippen LogP contribution in [0.3, 0.4) is 0 Å². The van der Waals surface area contributed by atoms with E-state index in [1.165, 1.54) is 0 Å². The molecular weight excluding hydrogens is 353 g/mol. The fraction of sp³-hybridized carbons (Fsp3) is 0.375. The van der Waals surface area contributed by atoms with Crippen molar-refractivity contribution in [2.75, 3.05) is 0 Å². The molecule has 2 heterocycles. The molecule has 0 aliphatic carbocycles. The Morgan fingerprint density at radius 1 is 1.00 bits per heavy atom. The molecule has 0 unspecified atom stereocenters. The Morgan fingerprint density at radius 2 is 1.41 bits per heavy atom. The maximum absolute atomic E-state index is 8.60. The van der Waals surface area contributed by atoms with Crippen LogP contribution < -0.4 is 37.2 Å². The highest BCUT2D eigenvalue weighted by Crippen LogP contribution is 2.00. The van der Waals surface area contributed by atoms with E-state index in [1.54, 1.807) is 4.57 Å². The fourth-order valence-corrected chi connectivity index (χ4v) is 1.24. The van der Waals surface area contributed by atoms with E-state index in [9.17, 15) is 0 Å². The van der Waals surface area contributed by atoms with Crippen molar-refractivity contribution in [3.05, 3.63) is 23.5 Å². The first-order chi connectivity index (χ1) is 9.66. The molecule has 12 nitrogen and oxygen atoms in total. The first-order valence-corrected chi connectivity index (χ1v) is 7.55. The van der Waals surface area contributed by atoms with E-state index in [-0.39, 0.29) is 0 Å². The van der Waals surface area contributed by atoms with Crippen molar-refractivity contribution in [1.82, 2.24) is 9.97 Å². The first-order valence-electron chi connectivity index (χ1n) is 5.05. The van der Waals surface area contributed by atoms with Gasteiger partial charge in [-0.15, -0.1) is 10.2 Å². The Hall–Kier alpha value is -1.19. The minimum absolute atomic E-state index is 0.772. The molecule has 0 atom stereocenters. The van der Waals surface area contributed by atoms with Crippen molar-refractivity contribution in [1.29, 1.82) is 0 Å². The summed E-state index contributed by atoms with van der Waals surface area (Å²) in [6.07, 6.45) is 0. The van der Waals surface area contributed by atoms with E-state index < -0.39 is 20.5 Å². The van der Waals surface area contributed by atoms with Gasteiger partial charge in [-0.3, -0.25) is 0 Å². The average molecular weight is 364 g/mol. The Morgan fingerprint density at radius 3 is 1.82 bits per heavy atom. The molecule has 14 heteroatoms. The van der Waals surface area contributed by atoms with Crippen LogP contribution >= 0.6 is 0 Å². The van der Waals surface area contributed by atoms with Crippen LogP contribution in [0, 0.1) is 41.3 Å². The monoisotopic (exact) mass is 363 g/mol. The number of aryl methyl sites for hydroxylation is 3. The summed E-state index contributed by atoms with van der Waals surface area (Å²) in [5, 5.41) is 0. The fourth-order valence-electron chi connectivity index (χ4n) is 1.24. The van der Waals surface area contributed by atoms with Crippen molar-refractivity contribution in [2.45, 2.75) is 20.8 Å². The number of rotatable bonds is 0. The lowest BCUT2D eigenvalue weighted by Crippen LogP contribution is -2.68. The van der Waals surface area contributed by atoms with E-state index in [0.717, 1.165) is 23.1 Å². The number of halogens is 2. The lowest BCUT2D eigenvalue weighted by Gasteiger charge is -2.17. The van der Waals surface area contributed by atoms with E-state index in [0.29, 0.717) is 0 Å². The number of hydrogen-bond donors (Lipinski definition) is 1. The summed E-state index contributed by atoms with van der Waals surface area (Å²) < 4.78 is 73.7. The van der Waals surface area contributed by atoms with Crippen LogP contribution in [0.2, 0.25) is 0 Å². The highest BCUT2D eigenvalue weighted by Gasteiger charge is 2.13. The molecule has 0 aliphatic heterocycles. The minimum atomic E-state index is -4.94. The molecule has 126 valence electrons. The summed E-state index contributed by atoms with van der Waals surface area (Å²) in [4.78, 5) is 8.39. The molecule has 0 amide bonds. The summed E-state index contributed by atoms with van der Waals surface area (Å²) in [7, 11) is -9.64. The van der Waals surface area contributed by atoms with Crippen molar-refractivity contribution in [2.24, 2.45) is 0 Å². The molecule has 0 aliphatic rings. The molecular formula is C8H11Cl2N3O9. The first kappa shape index (κ1) is 20.8. The van der Waals surface area contributed by atoms with Gasteiger partial charge < -0.3 is 4.52 Å². The molecule has 0 fully saturated rings. The van der Waals surface area contributed by atoms with Gasteiger partial charge in [-0.05, 0) is 11.5 Å². The lowest BCUT2D eigenvalue weighted by atomic mass is 10.5. The summed E-state index contributed by atoms with van der Waals surface area (Å²) in [6.45, 7) is 5.66. The molecule has 2 aromatic rings. The van der Waals surface area contributed by atoms with Crippen LogP contribution in [-0.2, 0) is 0 Å². The van der Waals surface area contributed by atoms with Gasteiger partial charge in [-0.25, -0.2) is 18.6 Å². The van der Waals surface area contributed by atoms with Gasteiger partial charge in [0.25, 0.3) is 11.6 Å². The summed E-state index contributed by atoms with van der Waals surface area (Å²) in [6, 6.07) is 1.89. The molecule has 0 saturated heterocycles. The van der Waals surface area contributed by atoms with Gasteiger partial charge in [0.1, 0.15) is 0 Å². The number of hydrogen-bond acceptors (Lipinski definition) is 11. The predicted octanol–water partition coefficient (Wildman–Crippen LogP) is -8.15. The molecule has 0 bridgehead atoms. The van der Waals surface area contributed by atoms with Crippen LogP contribution in [0.4, 0.5) is 0 Å². The largest absolute Gasteiger partial charge is 0.322 e. The van der Waals surface area contributed by atoms with Gasteiger partial charge in [-0.2, -0.15) is 14.0 Å². The molecule has 2 rings (SSSR count). The Bertz CT molecular complexity index is 583. The lowest BCUT2D eigenvalue weighted by molar-refractivity contribution is -2.00. The predicted molar refractivity (Wildman–Crippen MR) is 43.9 cm³/mol. The Labute approximate surface area is 127 Å². The van der Waals surface area contributed by atoms with Gasteiger partial charge in [0.05, 0.1) is 21.0 Å². The van der Waals surface area contributed by atoms with Crippen LogP contribution in [0.1, 0.15) is 17.4 Å². The maximum Gasteiger partial charge on any atom is 0.308 e. The zero-order chi connectivity index (χ0) is 17.7. The van der Waals surface area contributed by atoms with Crippen LogP contribution in [0.25, 0.3) is 5.65 Å². The van der Waals surface area contributed by atoms with E-state index >= 15 is 0 Å². The zero-order valence-corrected chi connectivity index (χ0v) is 12.9. The second kappa shape index (κ2) is 7.89. The average Bonchev–Trinajstić information content (AvgIpc) is 2.53. The Balaban J connectivity index is 0.000000372. The van der Waals surface area contributed by atoms with Gasteiger partial charge >= 0.3 is 5.65 Å². The molecule has 0 radical (unpaired) electrons. The van der Waals surface area contributed by atoms with Crippen molar-refractivity contribution in [3.63, 3.8) is 0 Å². The summed E-state index contributed by atoms with van der Waals surface area (Å²) in [5.74, 6) is 2.44. The highest BCUT2D eigenvalue weighted by atomic mass is 35.7. The quantitative estimate of drug-likeness (QED) is 0.432. The summed E-state index contributed by atoms with van der Waals surface area (Å²) >= 11 is 0. The molecule has 0 saturated carbocycles. The zero-order valence-electron chi connectivity index (χ0n) is 11.4. The van der Waals surface area contributed by atoms with Gasteiger partial charge in [0.2, 0.25) is 0 Å². The maximum atomic E-state index is 8.60. The highest BCUT2D eigenvalue weighted by molar-refractivity contribution is 5.28. The third-order valence-corrected chi connectivity index (χ3v) is 1.67. The second-order valence-electron chi connectivity index (χ2n) is 3.59. The van der Waals surface area contributed by atoms with Gasteiger partial charge in [0.15, 0.2) is 5.76 Å². The third kappa shape index (κ3) is 11.5. The van der Waals surface area contributed by atoms with Crippen molar-refractivity contribution < 1.29 is 66.9 Å². The minimum Gasteiger partial charge on any atom is -0.322 e. The topological polar surface area (TPSA) is 225 Å². The normalized spacial score (nSPS) is 11.4. The van der Waals surface area contributed by atoms with Gasteiger partial charge in [0, 0.05) is 13.8 Å². The second-order valence-corrected chi connectivity index (χ2v) is 5.14. The van der Waals surface area contributed by atoms with E-state index in [4.69, 9.17) is 41.8 Å². The molecule has 2 aromatic heterocycles. The standard InChI is InChI=1S/C8H10N3O.2ClHO4/c1-5-4-8-10-6(2)9-7(3)11(8)12-5;2*2-1(3,4)5/h4H,1-3H3;2*(H,2,3,4,5)/q+1;;/p-1.